The molecule has 0 aromatic heterocycles. The summed E-state index contributed by atoms with van der Waals surface area (Å²) in [6.45, 7) is 0.592. The summed E-state index contributed by atoms with van der Waals surface area (Å²) in [6, 6.07) is 6.74. The molecule has 1 fully saturated rings. The Labute approximate surface area is 101 Å². The molecule has 0 heterocycles. The Balaban J connectivity index is 1.91. The summed E-state index contributed by atoms with van der Waals surface area (Å²) < 4.78 is 0. The van der Waals surface area contributed by atoms with Gasteiger partial charge >= 0.3 is 0 Å². The fraction of sp³-hybridized carbons (Fsp3) is 0.462. The van der Waals surface area contributed by atoms with E-state index in [4.69, 9.17) is 5.73 Å². The van der Waals surface area contributed by atoms with Gasteiger partial charge in [0.2, 0.25) is 0 Å². The molecule has 0 radical (unpaired) electrons. The normalized spacial score (nSPS) is 23.6. The van der Waals surface area contributed by atoms with Gasteiger partial charge in [0.1, 0.15) is 5.75 Å². The average Bonchev–Trinajstić information content (AvgIpc) is 2.72. The van der Waals surface area contributed by atoms with Gasteiger partial charge in [0.05, 0.1) is 5.56 Å². The zero-order chi connectivity index (χ0) is 12.3. The number of benzene rings is 1. The third-order valence-corrected chi connectivity index (χ3v) is 3.39. The van der Waals surface area contributed by atoms with Crippen molar-refractivity contribution in [2.24, 2.45) is 11.7 Å². The summed E-state index contributed by atoms with van der Waals surface area (Å²) >= 11 is 0. The number of hydrogen-bond acceptors (Lipinski definition) is 3. The number of nitrogens with two attached hydrogens (primary N) is 1. The number of nitrogens with one attached hydrogen (secondary N) is 1. The van der Waals surface area contributed by atoms with E-state index in [-0.39, 0.29) is 17.7 Å². The van der Waals surface area contributed by atoms with Crippen molar-refractivity contribution in [2.45, 2.75) is 25.3 Å². The van der Waals surface area contributed by atoms with Crippen LogP contribution >= 0.6 is 0 Å². The van der Waals surface area contributed by atoms with Crippen LogP contribution in [0.3, 0.4) is 0 Å². The van der Waals surface area contributed by atoms with Crippen LogP contribution in [0.1, 0.15) is 29.6 Å². The number of hydrogen-bond donors (Lipinski definition) is 3. The first-order chi connectivity index (χ1) is 8.18. The summed E-state index contributed by atoms with van der Waals surface area (Å²) in [4.78, 5) is 11.8. The summed E-state index contributed by atoms with van der Waals surface area (Å²) in [5.74, 6) is 0.146. The molecule has 2 unspecified atom stereocenters. The molecule has 4 nitrogen and oxygen atoms in total. The highest BCUT2D eigenvalue weighted by atomic mass is 16.3. The molecule has 0 spiro atoms. The van der Waals surface area contributed by atoms with Gasteiger partial charge in [-0.05, 0) is 30.9 Å². The summed E-state index contributed by atoms with van der Waals surface area (Å²) in [5, 5.41) is 12.4. The average molecular weight is 234 g/mol. The van der Waals surface area contributed by atoms with E-state index in [2.05, 4.69) is 5.32 Å². The fourth-order valence-corrected chi connectivity index (χ4v) is 2.30. The van der Waals surface area contributed by atoms with Gasteiger partial charge in [0.25, 0.3) is 5.91 Å². The smallest absolute Gasteiger partial charge is 0.255 e. The number of phenolic OH excluding ortho intramolecular Hbond substituents is 1. The number of para-hydroxylation sites is 1. The Morgan fingerprint density at radius 3 is 2.82 bits per heavy atom. The van der Waals surface area contributed by atoms with E-state index in [1.165, 1.54) is 6.07 Å². The van der Waals surface area contributed by atoms with Gasteiger partial charge in [-0.1, -0.05) is 18.6 Å². The first-order valence-electron chi connectivity index (χ1n) is 6.00. The molecule has 1 amide bonds. The van der Waals surface area contributed by atoms with Crippen LogP contribution in [-0.2, 0) is 0 Å². The van der Waals surface area contributed by atoms with Gasteiger partial charge in [-0.25, -0.2) is 0 Å². The van der Waals surface area contributed by atoms with Crippen molar-refractivity contribution in [1.29, 1.82) is 0 Å². The lowest BCUT2D eigenvalue weighted by molar-refractivity contribution is 0.0944. The van der Waals surface area contributed by atoms with Crippen molar-refractivity contribution in [3.8, 4) is 5.75 Å². The Hall–Kier alpha value is -1.55. The van der Waals surface area contributed by atoms with E-state index < -0.39 is 0 Å². The first-order valence-corrected chi connectivity index (χ1v) is 6.00. The minimum atomic E-state index is -0.234. The van der Waals surface area contributed by atoms with Gasteiger partial charge in [-0.3, -0.25) is 4.79 Å². The van der Waals surface area contributed by atoms with Crippen LogP contribution in [0.15, 0.2) is 24.3 Å². The maximum absolute atomic E-state index is 11.8. The number of rotatable bonds is 3. The molecule has 17 heavy (non-hydrogen) atoms. The molecule has 4 N–H and O–H groups in total. The van der Waals surface area contributed by atoms with E-state index in [0.717, 1.165) is 19.3 Å². The van der Waals surface area contributed by atoms with Crippen LogP contribution in [0.4, 0.5) is 0 Å². The van der Waals surface area contributed by atoms with Crippen LogP contribution in [0.5, 0.6) is 5.75 Å². The van der Waals surface area contributed by atoms with E-state index in [1.54, 1.807) is 18.2 Å². The molecular formula is C13H18N2O2. The first kappa shape index (κ1) is 11.9. The molecule has 2 rings (SSSR count). The van der Waals surface area contributed by atoms with Crippen LogP contribution < -0.4 is 11.1 Å². The molecule has 92 valence electrons. The molecule has 2 atom stereocenters. The number of carbonyl (C=O) groups is 1. The second kappa shape index (κ2) is 5.19. The van der Waals surface area contributed by atoms with Gasteiger partial charge in [-0.2, -0.15) is 0 Å². The topological polar surface area (TPSA) is 75.3 Å². The van der Waals surface area contributed by atoms with Gasteiger partial charge < -0.3 is 16.2 Å². The Bertz CT molecular complexity index is 406. The number of aromatic hydroxyl groups is 1. The van der Waals surface area contributed by atoms with Gasteiger partial charge in [0.15, 0.2) is 0 Å². The zero-order valence-electron chi connectivity index (χ0n) is 9.73. The molecule has 1 aromatic carbocycles. The highest BCUT2D eigenvalue weighted by Gasteiger charge is 2.24. The predicted octanol–water partition coefficient (Wildman–Crippen LogP) is 1.25. The SMILES string of the molecule is NC1CCCC1CNC(=O)c1ccccc1O. The third-order valence-electron chi connectivity index (χ3n) is 3.39. The molecule has 1 saturated carbocycles. The lowest BCUT2D eigenvalue weighted by Gasteiger charge is -2.16. The molecule has 1 aliphatic carbocycles. The standard InChI is InChI=1S/C13H18N2O2/c14-11-6-3-4-9(11)8-15-13(17)10-5-1-2-7-12(10)16/h1-2,5,7,9,11,16H,3-4,6,8,14H2,(H,15,17). The van der Waals surface area contributed by atoms with Gasteiger partial charge in [-0.15, -0.1) is 0 Å². The Kier molecular flexibility index (Phi) is 3.64. The van der Waals surface area contributed by atoms with Gasteiger partial charge in [0, 0.05) is 12.6 Å². The Morgan fingerprint density at radius 2 is 2.18 bits per heavy atom. The molecular weight excluding hydrogens is 216 g/mol. The second-order valence-corrected chi connectivity index (χ2v) is 4.58. The molecule has 0 aliphatic heterocycles. The van der Waals surface area contributed by atoms with E-state index in [9.17, 15) is 9.90 Å². The van der Waals surface area contributed by atoms with Crippen molar-refractivity contribution in [3.63, 3.8) is 0 Å². The second-order valence-electron chi connectivity index (χ2n) is 4.58. The van der Waals surface area contributed by atoms with Crippen LogP contribution in [0, 0.1) is 5.92 Å². The summed E-state index contributed by atoms with van der Waals surface area (Å²) in [5.41, 5.74) is 6.25. The van der Waals surface area contributed by atoms with Crippen LogP contribution in [-0.4, -0.2) is 23.6 Å². The minimum absolute atomic E-state index is 0.0146. The molecule has 1 aromatic rings. The number of amides is 1. The van der Waals surface area contributed by atoms with E-state index >= 15 is 0 Å². The zero-order valence-corrected chi connectivity index (χ0v) is 9.73. The highest BCUT2D eigenvalue weighted by molar-refractivity contribution is 5.96. The lowest BCUT2D eigenvalue weighted by Crippen LogP contribution is -2.36. The number of carbonyl (C=O) groups excluding carboxylic acids is 1. The lowest BCUT2D eigenvalue weighted by atomic mass is 10.0. The number of phenols is 1. The fourth-order valence-electron chi connectivity index (χ4n) is 2.30. The molecule has 1 aliphatic rings. The van der Waals surface area contributed by atoms with Crippen molar-refractivity contribution in [1.82, 2.24) is 5.32 Å². The van der Waals surface area contributed by atoms with Crippen molar-refractivity contribution >= 4 is 5.91 Å². The summed E-state index contributed by atoms with van der Waals surface area (Å²) in [6.07, 6.45) is 3.25. The largest absolute Gasteiger partial charge is 0.507 e. The maximum Gasteiger partial charge on any atom is 0.255 e. The molecule has 0 saturated heterocycles. The minimum Gasteiger partial charge on any atom is -0.507 e. The monoisotopic (exact) mass is 234 g/mol. The Morgan fingerprint density at radius 1 is 1.41 bits per heavy atom. The van der Waals surface area contributed by atoms with E-state index in [1.807, 2.05) is 0 Å². The molecule has 4 heteroatoms. The quantitative estimate of drug-likeness (QED) is 0.736. The van der Waals surface area contributed by atoms with Crippen molar-refractivity contribution in [3.05, 3.63) is 29.8 Å². The van der Waals surface area contributed by atoms with Crippen molar-refractivity contribution in [2.75, 3.05) is 6.54 Å². The predicted molar refractivity (Wildman–Crippen MR) is 65.8 cm³/mol. The van der Waals surface area contributed by atoms with Crippen LogP contribution in [0.25, 0.3) is 0 Å². The highest BCUT2D eigenvalue weighted by Crippen LogP contribution is 2.23. The van der Waals surface area contributed by atoms with Crippen molar-refractivity contribution < 1.29 is 9.90 Å². The van der Waals surface area contributed by atoms with Crippen LogP contribution in [0.2, 0.25) is 0 Å². The maximum atomic E-state index is 11.8. The summed E-state index contributed by atoms with van der Waals surface area (Å²) in [7, 11) is 0. The van der Waals surface area contributed by atoms with E-state index in [0.29, 0.717) is 18.0 Å². The molecule has 0 bridgehead atoms. The third kappa shape index (κ3) is 2.77.